The average molecular weight is 690 g/mol. The van der Waals surface area contributed by atoms with Crippen molar-refractivity contribution >= 4 is 39.5 Å². The van der Waals surface area contributed by atoms with Crippen LogP contribution in [0.1, 0.15) is 63.3 Å². The third-order valence-corrected chi connectivity index (χ3v) is 10.4. The summed E-state index contributed by atoms with van der Waals surface area (Å²) in [7, 11) is 0. The number of pyridine rings is 1. The van der Waals surface area contributed by atoms with E-state index in [9.17, 15) is 23.8 Å². The van der Waals surface area contributed by atoms with Gasteiger partial charge in [-0.25, -0.2) is 28.5 Å². The number of hydrogen-bond donors (Lipinski definition) is 2. The number of aliphatic hydroxyl groups is 1. The van der Waals surface area contributed by atoms with Crippen LogP contribution in [0.25, 0.3) is 22.1 Å². The van der Waals surface area contributed by atoms with Crippen LogP contribution < -0.4 is 14.5 Å². The van der Waals surface area contributed by atoms with E-state index in [4.69, 9.17) is 18.6 Å². The molecule has 3 aromatic heterocycles. The second-order valence-corrected chi connectivity index (χ2v) is 13.6. The molecule has 3 atom stereocenters. The van der Waals surface area contributed by atoms with Gasteiger partial charge in [0.2, 0.25) is 5.88 Å². The van der Waals surface area contributed by atoms with Crippen molar-refractivity contribution in [2.24, 2.45) is 0 Å². The molecule has 4 aliphatic rings. The topological polar surface area (TPSA) is 144 Å². The number of carboxylic acid groups (broad SMARTS) is 1. The number of fused-ring (bicyclic) bond motifs is 3. The monoisotopic (exact) mass is 689 g/mol. The van der Waals surface area contributed by atoms with Crippen LogP contribution in [-0.2, 0) is 14.3 Å². The highest BCUT2D eigenvalue weighted by Gasteiger charge is 2.50. The zero-order valence-electron chi connectivity index (χ0n) is 27.5. The molecule has 0 bridgehead atoms. The van der Waals surface area contributed by atoms with E-state index in [-0.39, 0.29) is 41.8 Å². The normalized spacial score (nSPS) is 24.4. The van der Waals surface area contributed by atoms with Gasteiger partial charge in [-0.1, -0.05) is 30.4 Å². The second-order valence-electron chi connectivity index (χ2n) is 13.6. The Labute approximate surface area is 286 Å². The molecule has 0 unspecified atom stereocenters. The molecule has 1 saturated carbocycles. The first-order valence-electron chi connectivity index (χ1n) is 17.0. The van der Waals surface area contributed by atoms with Gasteiger partial charge in [0, 0.05) is 30.1 Å². The summed E-state index contributed by atoms with van der Waals surface area (Å²) in [5.74, 6) is 4.58. The van der Waals surface area contributed by atoms with E-state index in [0.29, 0.717) is 61.4 Å². The molecule has 1 aromatic carbocycles. The molecule has 50 heavy (non-hydrogen) atoms. The fraction of sp³-hybridized carbons (Fsp3) is 0.500. The molecule has 12 nitrogen and oxygen atoms in total. The number of rotatable bonds is 6. The number of alkyl halides is 2. The van der Waals surface area contributed by atoms with E-state index in [0.717, 1.165) is 19.3 Å². The Bertz CT molecular complexity index is 2000. The Kier molecular flexibility index (Phi) is 8.24. The lowest BCUT2D eigenvalue weighted by Gasteiger charge is -2.53. The van der Waals surface area contributed by atoms with Gasteiger partial charge in [0.05, 0.1) is 32.4 Å². The molecule has 3 saturated heterocycles. The maximum atomic E-state index is 14.1. The molecule has 8 rings (SSSR count). The van der Waals surface area contributed by atoms with Crippen molar-refractivity contribution in [3.05, 3.63) is 47.9 Å². The van der Waals surface area contributed by atoms with Crippen LogP contribution in [0, 0.1) is 11.8 Å². The number of aliphatic carboxylic acids is 1. The van der Waals surface area contributed by atoms with Crippen LogP contribution in [0.3, 0.4) is 0 Å². The first kappa shape index (κ1) is 32.6. The van der Waals surface area contributed by atoms with Crippen molar-refractivity contribution in [2.75, 3.05) is 42.7 Å². The SMILES string of the molecule is C[C@@H]1N(c2cc(C#CC3(O)CCCCC3)cnc2O[C@H]2C[C@@H](C(=O)O)N(c3nc(C(F)F)nc4c3oc3ccccc34)C2)CCOC12COC2. The largest absolute Gasteiger partial charge is 0.480 e. The second kappa shape index (κ2) is 12.6. The molecule has 4 aromatic rings. The highest BCUT2D eigenvalue weighted by molar-refractivity contribution is 6.06. The summed E-state index contributed by atoms with van der Waals surface area (Å²) < 4.78 is 52.4. The quantitative estimate of drug-likeness (QED) is 0.267. The summed E-state index contributed by atoms with van der Waals surface area (Å²) in [5.41, 5.74) is 0.463. The number of benzene rings is 1. The third kappa shape index (κ3) is 5.76. The summed E-state index contributed by atoms with van der Waals surface area (Å²) in [6.45, 7) is 3.96. The number of nitrogens with zero attached hydrogens (tertiary/aromatic N) is 5. The highest BCUT2D eigenvalue weighted by atomic mass is 19.3. The fourth-order valence-electron chi connectivity index (χ4n) is 7.55. The zero-order chi connectivity index (χ0) is 34.6. The van der Waals surface area contributed by atoms with E-state index in [1.54, 1.807) is 30.5 Å². The van der Waals surface area contributed by atoms with E-state index in [2.05, 4.69) is 38.6 Å². The van der Waals surface area contributed by atoms with Gasteiger partial charge in [0.25, 0.3) is 6.43 Å². The molecule has 262 valence electrons. The third-order valence-electron chi connectivity index (χ3n) is 10.4. The van der Waals surface area contributed by atoms with E-state index < -0.39 is 41.6 Å². The number of halogens is 2. The zero-order valence-corrected chi connectivity index (χ0v) is 27.5. The number of carboxylic acids is 1. The Hall–Kier alpha value is -4.58. The predicted octanol–water partition coefficient (Wildman–Crippen LogP) is 4.86. The highest BCUT2D eigenvalue weighted by Crippen LogP contribution is 2.41. The number of morpholine rings is 1. The fourth-order valence-corrected chi connectivity index (χ4v) is 7.55. The number of ether oxygens (including phenoxy) is 3. The number of para-hydroxylation sites is 1. The van der Waals surface area contributed by atoms with Gasteiger partial charge in [-0.05, 0) is 50.8 Å². The van der Waals surface area contributed by atoms with Crippen molar-refractivity contribution < 1.29 is 42.4 Å². The summed E-state index contributed by atoms with van der Waals surface area (Å²) in [5, 5.41) is 21.9. The molecule has 0 amide bonds. The van der Waals surface area contributed by atoms with Gasteiger partial charge in [0.15, 0.2) is 17.2 Å². The molecule has 3 aliphatic heterocycles. The maximum Gasteiger partial charge on any atom is 0.326 e. The van der Waals surface area contributed by atoms with E-state index >= 15 is 0 Å². The summed E-state index contributed by atoms with van der Waals surface area (Å²) in [6.07, 6.45) is 2.09. The van der Waals surface area contributed by atoms with Crippen molar-refractivity contribution in [3.63, 3.8) is 0 Å². The number of carbonyl (C=O) groups is 1. The van der Waals surface area contributed by atoms with Crippen molar-refractivity contribution in [1.29, 1.82) is 0 Å². The minimum absolute atomic E-state index is 0.00888. The van der Waals surface area contributed by atoms with Crippen molar-refractivity contribution in [3.8, 4) is 17.7 Å². The van der Waals surface area contributed by atoms with Crippen LogP contribution in [0.5, 0.6) is 5.88 Å². The Morgan fingerprint density at radius 1 is 1.14 bits per heavy atom. The lowest BCUT2D eigenvalue weighted by atomic mass is 9.85. The summed E-state index contributed by atoms with van der Waals surface area (Å²) >= 11 is 0. The number of furan rings is 1. The Balaban J connectivity index is 1.15. The number of anilines is 2. The average Bonchev–Trinajstić information content (AvgIpc) is 3.69. The Morgan fingerprint density at radius 2 is 1.94 bits per heavy atom. The van der Waals surface area contributed by atoms with E-state index in [1.165, 1.54) is 4.90 Å². The minimum Gasteiger partial charge on any atom is -0.480 e. The molecule has 1 spiro atoms. The molecule has 14 heteroatoms. The Morgan fingerprint density at radius 3 is 2.68 bits per heavy atom. The lowest BCUT2D eigenvalue weighted by Crippen LogP contribution is -2.68. The van der Waals surface area contributed by atoms with Crippen LogP contribution in [0.15, 0.2) is 40.9 Å². The van der Waals surface area contributed by atoms with Crippen molar-refractivity contribution in [2.45, 2.75) is 81.3 Å². The molecular formula is C36H37F2N5O7. The minimum atomic E-state index is -2.99. The molecule has 4 fully saturated rings. The maximum absolute atomic E-state index is 14.1. The van der Waals surface area contributed by atoms with Crippen LogP contribution >= 0.6 is 0 Å². The molecule has 1 aliphatic carbocycles. The van der Waals surface area contributed by atoms with Gasteiger partial charge >= 0.3 is 5.97 Å². The predicted molar refractivity (Wildman–Crippen MR) is 178 cm³/mol. The smallest absolute Gasteiger partial charge is 0.326 e. The molecule has 6 heterocycles. The van der Waals surface area contributed by atoms with Gasteiger partial charge < -0.3 is 38.6 Å². The number of hydrogen-bond acceptors (Lipinski definition) is 11. The first-order valence-corrected chi connectivity index (χ1v) is 17.0. The van der Waals surface area contributed by atoms with Crippen molar-refractivity contribution in [1.82, 2.24) is 15.0 Å². The summed E-state index contributed by atoms with van der Waals surface area (Å²) in [4.78, 5) is 29.1. The van der Waals surface area contributed by atoms with Gasteiger partial charge in [-0.2, -0.15) is 0 Å². The standard InChI is InChI=1S/C36H37F2N5O7/c1-21-36(19-47-20-36)48-14-13-42(21)25-15-22(9-12-35(46)10-5-2-6-11-35)17-39-33(25)49-23-16-26(34(44)45)43(18-23)32-29-28(40-31(41-32)30(37)38)24-7-3-4-8-27(24)50-29/h3-4,7-8,15,17,21,23,26,30,46H,2,5-6,10-11,13-14,16,18-20H2,1H3,(H,44,45)/t21-,23-,26-/m0/s1. The van der Waals surface area contributed by atoms with Crippen LogP contribution in [-0.4, -0.2) is 93.4 Å². The van der Waals surface area contributed by atoms with Gasteiger partial charge in [-0.3, -0.25) is 0 Å². The van der Waals surface area contributed by atoms with Crippen LogP contribution in [0.2, 0.25) is 0 Å². The lowest BCUT2D eigenvalue weighted by molar-refractivity contribution is -0.228. The van der Waals surface area contributed by atoms with Crippen LogP contribution in [0.4, 0.5) is 20.3 Å². The molecule has 0 radical (unpaired) electrons. The van der Waals surface area contributed by atoms with Gasteiger partial charge in [0.1, 0.15) is 40.1 Å². The number of aromatic nitrogens is 3. The van der Waals surface area contributed by atoms with Gasteiger partial charge in [-0.15, -0.1) is 0 Å². The first-order chi connectivity index (χ1) is 24.1. The molecular weight excluding hydrogens is 652 g/mol. The summed E-state index contributed by atoms with van der Waals surface area (Å²) in [6, 6.07) is 7.52. The van der Waals surface area contributed by atoms with E-state index in [1.807, 2.05) is 6.07 Å². The molecule has 2 N–H and O–H groups in total.